The zero-order valence-corrected chi connectivity index (χ0v) is 7.09. The van der Waals surface area contributed by atoms with E-state index in [2.05, 4.69) is 11.3 Å². The van der Waals surface area contributed by atoms with Gasteiger partial charge in [0.05, 0.1) is 7.11 Å². The summed E-state index contributed by atoms with van der Waals surface area (Å²) in [5.41, 5.74) is 0.661. The van der Waals surface area contributed by atoms with Gasteiger partial charge in [-0.25, -0.2) is 4.79 Å². The van der Waals surface area contributed by atoms with Gasteiger partial charge in [0.15, 0.2) is 0 Å². The summed E-state index contributed by atoms with van der Waals surface area (Å²) in [5, 5.41) is 0. The highest BCUT2D eigenvalue weighted by atomic mass is 16.5. The number of hydrogen-bond acceptors (Lipinski definition) is 2. The van der Waals surface area contributed by atoms with Crippen LogP contribution >= 0.6 is 0 Å². The van der Waals surface area contributed by atoms with E-state index < -0.39 is 0 Å². The summed E-state index contributed by atoms with van der Waals surface area (Å²) in [6.45, 7) is 5.32. The van der Waals surface area contributed by atoms with Crippen LogP contribution in [0.2, 0.25) is 0 Å². The molecule has 0 saturated carbocycles. The summed E-state index contributed by atoms with van der Waals surface area (Å²) in [7, 11) is 1.38. The molecular formula is C9H14O2. The van der Waals surface area contributed by atoms with Crippen LogP contribution in [0.25, 0.3) is 0 Å². The van der Waals surface area contributed by atoms with Gasteiger partial charge in [-0.3, -0.25) is 0 Å². The maximum absolute atomic E-state index is 10.8. The standard InChI is InChI=1S/C9H14O2/c1-4-5-6-7-8(2)9(10)11-3/h4,7H,1,5-6H2,2-3H3/b8-7+. The maximum Gasteiger partial charge on any atom is 0.333 e. The molecule has 62 valence electrons. The molecule has 0 aromatic heterocycles. The summed E-state index contributed by atoms with van der Waals surface area (Å²) < 4.78 is 4.51. The van der Waals surface area contributed by atoms with E-state index in [0.717, 1.165) is 12.8 Å². The molecule has 0 N–H and O–H groups in total. The van der Waals surface area contributed by atoms with Crippen molar-refractivity contribution in [2.24, 2.45) is 0 Å². The molecule has 0 bridgehead atoms. The molecule has 0 fully saturated rings. The SMILES string of the molecule is C=CCC/C=C(\C)C(=O)OC. The van der Waals surface area contributed by atoms with Crippen molar-refractivity contribution in [3.63, 3.8) is 0 Å². The average Bonchev–Trinajstić information content (AvgIpc) is 2.03. The van der Waals surface area contributed by atoms with Gasteiger partial charge in [0.1, 0.15) is 0 Å². The third-order valence-electron chi connectivity index (χ3n) is 1.33. The van der Waals surface area contributed by atoms with Crippen molar-refractivity contribution >= 4 is 5.97 Å². The Balaban J connectivity index is 3.79. The lowest BCUT2D eigenvalue weighted by molar-refractivity contribution is -0.136. The first-order chi connectivity index (χ1) is 5.22. The van der Waals surface area contributed by atoms with Crippen LogP contribution in [0.4, 0.5) is 0 Å². The van der Waals surface area contributed by atoms with Crippen molar-refractivity contribution in [2.45, 2.75) is 19.8 Å². The Kier molecular flexibility index (Phi) is 5.17. The van der Waals surface area contributed by atoms with Crippen molar-refractivity contribution in [3.05, 3.63) is 24.3 Å². The molecule has 0 aliphatic heterocycles. The molecule has 0 rings (SSSR count). The van der Waals surface area contributed by atoms with Crippen LogP contribution in [0.1, 0.15) is 19.8 Å². The van der Waals surface area contributed by atoms with E-state index in [4.69, 9.17) is 0 Å². The predicted octanol–water partition coefficient (Wildman–Crippen LogP) is 2.07. The monoisotopic (exact) mass is 154 g/mol. The molecule has 0 aliphatic carbocycles. The molecule has 0 saturated heterocycles. The van der Waals surface area contributed by atoms with Gasteiger partial charge in [-0.1, -0.05) is 12.2 Å². The number of esters is 1. The minimum Gasteiger partial charge on any atom is -0.466 e. The van der Waals surface area contributed by atoms with Crippen molar-refractivity contribution in [2.75, 3.05) is 7.11 Å². The Morgan fingerprint density at radius 3 is 2.64 bits per heavy atom. The molecule has 0 amide bonds. The fourth-order valence-corrected chi connectivity index (χ4v) is 0.662. The van der Waals surface area contributed by atoms with Gasteiger partial charge in [-0.2, -0.15) is 0 Å². The summed E-state index contributed by atoms with van der Waals surface area (Å²) in [5.74, 6) is -0.255. The number of unbranched alkanes of at least 4 members (excludes halogenated alkanes) is 1. The average molecular weight is 154 g/mol. The molecule has 0 unspecified atom stereocenters. The molecule has 0 heterocycles. The number of ether oxygens (including phenoxy) is 1. The summed E-state index contributed by atoms with van der Waals surface area (Å²) in [6, 6.07) is 0. The molecule has 0 aliphatic rings. The fourth-order valence-electron chi connectivity index (χ4n) is 0.662. The van der Waals surface area contributed by atoms with Gasteiger partial charge in [0.2, 0.25) is 0 Å². The Bertz CT molecular complexity index is 168. The van der Waals surface area contributed by atoms with Gasteiger partial charge in [0, 0.05) is 5.57 Å². The van der Waals surface area contributed by atoms with Crippen LogP contribution in [0.3, 0.4) is 0 Å². The molecule has 0 atom stereocenters. The third-order valence-corrected chi connectivity index (χ3v) is 1.33. The van der Waals surface area contributed by atoms with Crippen LogP contribution in [0.15, 0.2) is 24.3 Å². The Hall–Kier alpha value is -1.05. The van der Waals surface area contributed by atoms with Crippen LogP contribution in [-0.4, -0.2) is 13.1 Å². The van der Waals surface area contributed by atoms with Crippen LogP contribution in [0, 0.1) is 0 Å². The second-order valence-electron chi connectivity index (χ2n) is 2.24. The molecule has 2 nitrogen and oxygen atoms in total. The molecule has 0 spiro atoms. The number of allylic oxidation sites excluding steroid dienone is 2. The molecular weight excluding hydrogens is 140 g/mol. The lowest BCUT2D eigenvalue weighted by atomic mass is 10.2. The zero-order valence-electron chi connectivity index (χ0n) is 7.09. The molecule has 11 heavy (non-hydrogen) atoms. The highest BCUT2D eigenvalue weighted by molar-refractivity contribution is 5.87. The summed E-state index contributed by atoms with van der Waals surface area (Å²) in [4.78, 5) is 10.8. The zero-order chi connectivity index (χ0) is 8.69. The highest BCUT2D eigenvalue weighted by Crippen LogP contribution is 2.00. The fraction of sp³-hybridized carbons (Fsp3) is 0.444. The van der Waals surface area contributed by atoms with E-state index in [1.165, 1.54) is 7.11 Å². The van der Waals surface area contributed by atoms with Gasteiger partial charge in [-0.15, -0.1) is 6.58 Å². The molecule has 0 aromatic rings. The summed E-state index contributed by atoms with van der Waals surface area (Å²) >= 11 is 0. The van der Waals surface area contributed by atoms with E-state index in [-0.39, 0.29) is 5.97 Å². The van der Waals surface area contributed by atoms with Gasteiger partial charge in [-0.05, 0) is 19.8 Å². The van der Waals surface area contributed by atoms with Crippen molar-refractivity contribution in [1.29, 1.82) is 0 Å². The minimum absolute atomic E-state index is 0.255. The van der Waals surface area contributed by atoms with E-state index in [0.29, 0.717) is 5.57 Å². The number of carbonyl (C=O) groups is 1. The highest BCUT2D eigenvalue weighted by Gasteiger charge is 2.00. The number of hydrogen-bond donors (Lipinski definition) is 0. The molecule has 0 radical (unpaired) electrons. The van der Waals surface area contributed by atoms with Crippen molar-refractivity contribution < 1.29 is 9.53 Å². The molecule has 2 heteroatoms. The lowest BCUT2D eigenvalue weighted by Crippen LogP contribution is -2.00. The Morgan fingerprint density at radius 1 is 1.55 bits per heavy atom. The predicted molar refractivity (Wildman–Crippen MR) is 45.2 cm³/mol. The van der Waals surface area contributed by atoms with Gasteiger partial charge in [0.25, 0.3) is 0 Å². The summed E-state index contributed by atoms with van der Waals surface area (Å²) in [6.07, 6.45) is 5.42. The Morgan fingerprint density at radius 2 is 2.18 bits per heavy atom. The largest absolute Gasteiger partial charge is 0.466 e. The normalized spacial score (nSPS) is 10.9. The number of rotatable bonds is 4. The third kappa shape index (κ3) is 4.37. The van der Waals surface area contributed by atoms with Gasteiger partial charge >= 0.3 is 5.97 Å². The van der Waals surface area contributed by atoms with Crippen LogP contribution in [-0.2, 0) is 9.53 Å². The van der Waals surface area contributed by atoms with E-state index in [1.807, 2.05) is 12.2 Å². The van der Waals surface area contributed by atoms with Crippen molar-refractivity contribution in [1.82, 2.24) is 0 Å². The second kappa shape index (κ2) is 5.71. The van der Waals surface area contributed by atoms with E-state index in [1.54, 1.807) is 6.92 Å². The number of methoxy groups -OCH3 is 1. The number of carbonyl (C=O) groups excluding carboxylic acids is 1. The van der Waals surface area contributed by atoms with Crippen LogP contribution in [0.5, 0.6) is 0 Å². The van der Waals surface area contributed by atoms with E-state index >= 15 is 0 Å². The topological polar surface area (TPSA) is 26.3 Å². The first-order valence-corrected chi connectivity index (χ1v) is 3.58. The second-order valence-corrected chi connectivity index (χ2v) is 2.24. The van der Waals surface area contributed by atoms with Crippen molar-refractivity contribution in [3.8, 4) is 0 Å². The van der Waals surface area contributed by atoms with E-state index in [9.17, 15) is 4.79 Å². The lowest BCUT2D eigenvalue weighted by Gasteiger charge is -1.96. The maximum atomic E-state index is 10.8. The first-order valence-electron chi connectivity index (χ1n) is 3.58. The smallest absolute Gasteiger partial charge is 0.333 e. The van der Waals surface area contributed by atoms with Crippen LogP contribution < -0.4 is 0 Å². The first kappa shape index (κ1) is 9.95. The molecule has 0 aromatic carbocycles. The quantitative estimate of drug-likeness (QED) is 0.268. The van der Waals surface area contributed by atoms with Gasteiger partial charge < -0.3 is 4.74 Å². The minimum atomic E-state index is -0.255. The Labute approximate surface area is 67.6 Å².